The Morgan fingerprint density at radius 3 is 2.63 bits per heavy atom. The van der Waals surface area contributed by atoms with E-state index in [2.05, 4.69) is 25.4 Å². The van der Waals surface area contributed by atoms with Crippen molar-refractivity contribution in [3.05, 3.63) is 61.2 Å². The van der Waals surface area contributed by atoms with E-state index in [0.29, 0.717) is 6.54 Å². The maximum atomic E-state index is 4.14. The molecule has 0 saturated heterocycles. The first-order valence-electron chi connectivity index (χ1n) is 5.85. The molecule has 0 fully saturated rings. The number of benzene rings is 1. The number of hydrogen-bond acceptors (Lipinski definition) is 5. The van der Waals surface area contributed by atoms with Gasteiger partial charge in [-0.15, -0.1) is 0 Å². The van der Waals surface area contributed by atoms with Gasteiger partial charge in [-0.1, -0.05) is 12.1 Å². The Bertz CT molecular complexity index is 635. The molecule has 6 nitrogen and oxygen atoms in total. The topological polar surface area (TPSA) is 68.5 Å². The van der Waals surface area contributed by atoms with Gasteiger partial charge >= 0.3 is 0 Å². The Morgan fingerprint density at radius 1 is 1.00 bits per heavy atom. The van der Waals surface area contributed by atoms with Crippen LogP contribution in [0.3, 0.4) is 0 Å². The molecule has 2 heterocycles. The molecule has 0 bridgehead atoms. The molecule has 0 aliphatic rings. The molecule has 1 aromatic carbocycles. The largest absolute Gasteiger partial charge is 0.379 e. The van der Waals surface area contributed by atoms with Crippen LogP contribution in [0.2, 0.25) is 0 Å². The van der Waals surface area contributed by atoms with Gasteiger partial charge in [0, 0.05) is 24.5 Å². The van der Waals surface area contributed by atoms with E-state index in [-0.39, 0.29) is 0 Å². The van der Waals surface area contributed by atoms with Gasteiger partial charge < -0.3 is 5.32 Å². The molecule has 0 amide bonds. The Kier molecular flexibility index (Phi) is 3.14. The summed E-state index contributed by atoms with van der Waals surface area (Å²) in [6.45, 7) is 0.659. The molecule has 3 aromatic rings. The van der Waals surface area contributed by atoms with Gasteiger partial charge in [0.05, 0.1) is 11.4 Å². The van der Waals surface area contributed by atoms with Crippen LogP contribution >= 0.6 is 0 Å². The summed E-state index contributed by atoms with van der Waals surface area (Å²) < 4.78 is 1.73. The lowest BCUT2D eigenvalue weighted by molar-refractivity contribution is 0.877. The van der Waals surface area contributed by atoms with Crippen molar-refractivity contribution < 1.29 is 0 Å². The first-order chi connectivity index (χ1) is 9.43. The number of nitrogens with one attached hydrogen (secondary N) is 1. The third kappa shape index (κ3) is 2.57. The van der Waals surface area contributed by atoms with Crippen LogP contribution in [-0.2, 0) is 6.54 Å². The second-order valence-corrected chi connectivity index (χ2v) is 3.96. The van der Waals surface area contributed by atoms with Crippen molar-refractivity contribution in [2.45, 2.75) is 6.54 Å². The molecular formula is C13H12N6. The average Bonchev–Trinajstić information content (AvgIpc) is 3.01. The minimum Gasteiger partial charge on any atom is -0.379 e. The van der Waals surface area contributed by atoms with E-state index in [1.807, 2.05) is 24.3 Å². The first kappa shape index (κ1) is 11.3. The highest BCUT2D eigenvalue weighted by Crippen LogP contribution is 2.19. The van der Waals surface area contributed by atoms with Gasteiger partial charge in [0.15, 0.2) is 0 Å². The van der Waals surface area contributed by atoms with Crippen LogP contribution in [0.4, 0.5) is 5.69 Å². The molecule has 94 valence electrons. The molecule has 0 radical (unpaired) electrons. The highest BCUT2D eigenvalue weighted by Gasteiger charge is 2.04. The highest BCUT2D eigenvalue weighted by atomic mass is 15.3. The van der Waals surface area contributed by atoms with Crippen molar-refractivity contribution in [1.82, 2.24) is 24.7 Å². The van der Waals surface area contributed by atoms with Crippen LogP contribution in [0.5, 0.6) is 0 Å². The fourth-order valence-corrected chi connectivity index (χ4v) is 1.77. The van der Waals surface area contributed by atoms with Crippen molar-refractivity contribution in [2.75, 3.05) is 5.32 Å². The third-order valence-corrected chi connectivity index (χ3v) is 2.67. The molecule has 0 atom stereocenters. The summed E-state index contributed by atoms with van der Waals surface area (Å²) in [5, 5.41) is 7.49. The van der Waals surface area contributed by atoms with Gasteiger partial charge in [-0.25, -0.2) is 19.6 Å². The van der Waals surface area contributed by atoms with E-state index in [1.54, 1.807) is 23.4 Å². The molecule has 0 aliphatic carbocycles. The summed E-state index contributed by atoms with van der Waals surface area (Å²) in [6, 6.07) is 7.93. The normalized spacial score (nSPS) is 10.3. The zero-order valence-electron chi connectivity index (χ0n) is 10.1. The van der Waals surface area contributed by atoms with E-state index >= 15 is 0 Å². The summed E-state index contributed by atoms with van der Waals surface area (Å²) in [7, 11) is 0. The second-order valence-electron chi connectivity index (χ2n) is 3.96. The summed E-state index contributed by atoms with van der Waals surface area (Å²) in [4.78, 5) is 11.9. The molecule has 1 N–H and O–H groups in total. The first-order valence-corrected chi connectivity index (χ1v) is 5.85. The van der Waals surface area contributed by atoms with Crippen LogP contribution < -0.4 is 5.32 Å². The SMILES string of the molecule is c1ccc(-n2cncn2)c(NCc2cncnc2)c1. The third-order valence-electron chi connectivity index (χ3n) is 2.67. The number of para-hydroxylation sites is 2. The van der Waals surface area contributed by atoms with Gasteiger partial charge in [0.1, 0.15) is 19.0 Å². The Labute approximate surface area is 110 Å². The maximum absolute atomic E-state index is 4.14. The van der Waals surface area contributed by atoms with Gasteiger partial charge in [-0.2, -0.15) is 5.10 Å². The van der Waals surface area contributed by atoms with Crippen molar-refractivity contribution in [3.8, 4) is 5.69 Å². The van der Waals surface area contributed by atoms with Crippen molar-refractivity contribution in [2.24, 2.45) is 0 Å². The Morgan fingerprint density at radius 2 is 1.84 bits per heavy atom. The van der Waals surface area contributed by atoms with E-state index < -0.39 is 0 Å². The summed E-state index contributed by atoms with van der Waals surface area (Å²) in [5.41, 5.74) is 2.96. The van der Waals surface area contributed by atoms with Crippen LogP contribution in [-0.4, -0.2) is 24.7 Å². The fraction of sp³-hybridized carbons (Fsp3) is 0.0769. The second kappa shape index (κ2) is 5.26. The minimum atomic E-state index is 0.659. The van der Waals surface area contributed by atoms with Gasteiger partial charge in [0.25, 0.3) is 0 Å². The van der Waals surface area contributed by atoms with Crippen LogP contribution in [0.1, 0.15) is 5.56 Å². The average molecular weight is 252 g/mol. The quantitative estimate of drug-likeness (QED) is 0.765. The Hall–Kier alpha value is -2.76. The lowest BCUT2D eigenvalue weighted by Gasteiger charge is -2.11. The minimum absolute atomic E-state index is 0.659. The number of rotatable bonds is 4. The molecular weight excluding hydrogens is 240 g/mol. The van der Waals surface area contributed by atoms with Crippen molar-refractivity contribution >= 4 is 5.69 Å². The molecule has 0 aliphatic heterocycles. The summed E-state index contributed by atoms with van der Waals surface area (Å²) >= 11 is 0. The summed E-state index contributed by atoms with van der Waals surface area (Å²) in [6.07, 6.45) is 8.29. The fourth-order valence-electron chi connectivity index (χ4n) is 1.77. The van der Waals surface area contributed by atoms with Crippen molar-refractivity contribution in [3.63, 3.8) is 0 Å². The lowest BCUT2D eigenvalue weighted by atomic mass is 10.2. The molecule has 3 rings (SSSR count). The van der Waals surface area contributed by atoms with Gasteiger partial charge in [-0.05, 0) is 12.1 Å². The van der Waals surface area contributed by atoms with Crippen molar-refractivity contribution in [1.29, 1.82) is 0 Å². The van der Waals surface area contributed by atoms with E-state index in [4.69, 9.17) is 0 Å². The van der Waals surface area contributed by atoms with Crippen LogP contribution in [0.25, 0.3) is 5.69 Å². The zero-order chi connectivity index (χ0) is 12.9. The van der Waals surface area contributed by atoms with E-state index in [9.17, 15) is 0 Å². The van der Waals surface area contributed by atoms with Crippen LogP contribution in [0, 0.1) is 0 Å². The smallest absolute Gasteiger partial charge is 0.138 e. The van der Waals surface area contributed by atoms with E-state index in [1.165, 1.54) is 12.7 Å². The van der Waals surface area contributed by atoms with Gasteiger partial charge in [0.2, 0.25) is 0 Å². The molecule has 0 spiro atoms. The van der Waals surface area contributed by atoms with E-state index in [0.717, 1.165) is 16.9 Å². The van der Waals surface area contributed by atoms with Crippen LogP contribution in [0.15, 0.2) is 55.6 Å². The number of nitrogens with zero attached hydrogens (tertiary/aromatic N) is 5. The highest BCUT2D eigenvalue weighted by molar-refractivity contribution is 5.60. The Balaban J connectivity index is 1.82. The zero-order valence-corrected chi connectivity index (χ0v) is 10.1. The monoisotopic (exact) mass is 252 g/mol. The molecule has 19 heavy (non-hydrogen) atoms. The predicted molar refractivity (Wildman–Crippen MR) is 70.7 cm³/mol. The van der Waals surface area contributed by atoms with Gasteiger partial charge in [-0.3, -0.25) is 0 Å². The lowest BCUT2D eigenvalue weighted by Crippen LogP contribution is -2.05. The molecule has 2 aromatic heterocycles. The number of aromatic nitrogens is 5. The molecule has 0 saturated carbocycles. The number of hydrogen-bond donors (Lipinski definition) is 1. The summed E-state index contributed by atoms with van der Waals surface area (Å²) in [5.74, 6) is 0. The molecule has 0 unspecified atom stereocenters. The molecule has 6 heteroatoms. The number of anilines is 1. The standard InChI is InChI=1S/C13H12N6/c1-2-4-13(19-10-16-9-18-19)12(3-1)17-7-11-5-14-8-15-6-11/h1-6,8-10,17H,7H2. The maximum Gasteiger partial charge on any atom is 0.138 e. The predicted octanol–water partition coefficient (Wildman–Crippen LogP) is 1.67.